The van der Waals surface area contributed by atoms with Crippen LogP contribution < -0.4 is 5.32 Å². The van der Waals surface area contributed by atoms with Gasteiger partial charge in [-0.1, -0.05) is 39.0 Å². The summed E-state index contributed by atoms with van der Waals surface area (Å²) in [7, 11) is 0. The van der Waals surface area contributed by atoms with E-state index in [1.807, 2.05) is 18.2 Å². The SMILES string of the molecule is CC(C)(C)c1ccccc1NCCCC(=O)O. The standard InChI is InChI=1S/C14H21NO2/c1-14(2,3)11-7-4-5-8-12(11)15-10-6-9-13(16)17/h4-5,7-8,15H,6,9-10H2,1-3H3,(H,16,17). The number of aliphatic carboxylic acids is 1. The normalized spacial score (nSPS) is 11.2. The molecule has 0 bridgehead atoms. The summed E-state index contributed by atoms with van der Waals surface area (Å²) >= 11 is 0. The van der Waals surface area contributed by atoms with Crippen LogP contribution in [0.3, 0.4) is 0 Å². The predicted octanol–water partition coefficient (Wildman–Crippen LogP) is 3.26. The van der Waals surface area contributed by atoms with Crippen LogP contribution in [0.1, 0.15) is 39.2 Å². The first-order chi connectivity index (χ1) is 7.91. The zero-order chi connectivity index (χ0) is 12.9. The molecule has 0 aromatic heterocycles. The number of nitrogens with one attached hydrogen (secondary N) is 1. The van der Waals surface area contributed by atoms with E-state index in [4.69, 9.17) is 5.11 Å². The van der Waals surface area contributed by atoms with Crippen LogP contribution in [0, 0.1) is 0 Å². The molecular weight excluding hydrogens is 214 g/mol. The zero-order valence-corrected chi connectivity index (χ0v) is 10.8. The molecule has 2 N–H and O–H groups in total. The lowest BCUT2D eigenvalue weighted by molar-refractivity contribution is -0.137. The Morgan fingerprint density at radius 2 is 1.94 bits per heavy atom. The summed E-state index contributed by atoms with van der Waals surface area (Å²) in [5.74, 6) is -0.740. The molecule has 3 nitrogen and oxygen atoms in total. The van der Waals surface area contributed by atoms with Crippen molar-refractivity contribution in [1.29, 1.82) is 0 Å². The largest absolute Gasteiger partial charge is 0.481 e. The molecule has 94 valence electrons. The Hall–Kier alpha value is -1.51. The summed E-state index contributed by atoms with van der Waals surface area (Å²) in [4.78, 5) is 10.4. The van der Waals surface area contributed by atoms with E-state index in [2.05, 4.69) is 32.2 Å². The van der Waals surface area contributed by atoms with Crippen molar-refractivity contribution < 1.29 is 9.90 Å². The van der Waals surface area contributed by atoms with Gasteiger partial charge in [0.2, 0.25) is 0 Å². The summed E-state index contributed by atoms with van der Waals surface area (Å²) in [6.45, 7) is 7.21. The Morgan fingerprint density at radius 1 is 1.29 bits per heavy atom. The second-order valence-electron chi connectivity index (χ2n) is 5.22. The molecule has 0 aliphatic heterocycles. The maximum atomic E-state index is 10.4. The fraction of sp³-hybridized carbons (Fsp3) is 0.500. The fourth-order valence-corrected chi connectivity index (χ4v) is 1.75. The molecule has 0 aliphatic rings. The van der Waals surface area contributed by atoms with Crippen LogP contribution in [0.2, 0.25) is 0 Å². The Morgan fingerprint density at radius 3 is 2.53 bits per heavy atom. The Bertz CT molecular complexity index is 380. The van der Waals surface area contributed by atoms with Crippen molar-refractivity contribution in [2.45, 2.75) is 39.0 Å². The highest BCUT2D eigenvalue weighted by Crippen LogP contribution is 2.29. The number of carbonyl (C=O) groups is 1. The van der Waals surface area contributed by atoms with E-state index < -0.39 is 5.97 Å². The van der Waals surface area contributed by atoms with Gasteiger partial charge >= 0.3 is 5.97 Å². The molecule has 1 aromatic rings. The smallest absolute Gasteiger partial charge is 0.303 e. The molecule has 0 heterocycles. The zero-order valence-electron chi connectivity index (χ0n) is 10.8. The van der Waals surface area contributed by atoms with E-state index in [0.29, 0.717) is 13.0 Å². The predicted molar refractivity (Wildman–Crippen MR) is 70.5 cm³/mol. The van der Waals surface area contributed by atoms with Gasteiger partial charge in [-0.25, -0.2) is 0 Å². The van der Waals surface area contributed by atoms with E-state index >= 15 is 0 Å². The Balaban J connectivity index is 2.62. The van der Waals surface area contributed by atoms with Gasteiger partial charge in [0.15, 0.2) is 0 Å². The number of rotatable bonds is 5. The third-order valence-electron chi connectivity index (χ3n) is 2.62. The molecule has 0 fully saturated rings. The average Bonchev–Trinajstić information content (AvgIpc) is 2.23. The van der Waals surface area contributed by atoms with Crippen molar-refractivity contribution in [3.63, 3.8) is 0 Å². The third-order valence-corrected chi connectivity index (χ3v) is 2.62. The monoisotopic (exact) mass is 235 g/mol. The van der Waals surface area contributed by atoms with E-state index in [-0.39, 0.29) is 11.8 Å². The molecule has 0 atom stereocenters. The highest BCUT2D eigenvalue weighted by molar-refractivity contribution is 5.66. The molecular formula is C14H21NO2. The highest BCUT2D eigenvalue weighted by atomic mass is 16.4. The van der Waals surface area contributed by atoms with Gasteiger partial charge < -0.3 is 10.4 Å². The van der Waals surface area contributed by atoms with Crippen molar-refractivity contribution in [2.75, 3.05) is 11.9 Å². The summed E-state index contributed by atoms with van der Waals surface area (Å²) in [5.41, 5.74) is 2.46. The number of benzene rings is 1. The molecule has 0 spiro atoms. The van der Waals surface area contributed by atoms with Crippen molar-refractivity contribution in [2.24, 2.45) is 0 Å². The summed E-state index contributed by atoms with van der Waals surface area (Å²) in [6, 6.07) is 8.18. The molecule has 0 saturated heterocycles. The molecule has 1 aromatic carbocycles. The number of anilines is 1. The number of carboxylic acids is 1. The van der Waals surface area contributed by atoms with Crippen LogP contribution >= 0.6 is 0 Å². The minimum Gasteiger partial charge on any atom is -0.481 e. The van der Waals surface area contributed by atoms with Crippen molar-refractivity contribution in [3.05, 3.63) is 29.8 Å². The van der Waals surface area contributed by atoms with Gasteiger partial charge in [0, 0.05) is 18.7 Å². The fourth-order valence-electron chi connectivity index (χ4n) is 1.75. The summed E-state index contributed by atoms with van der Waals surface area (Å²) in [6.07, 6.45) is 0.860. The first kappa shape index (κ1) is 13.6. The van der Waals surface area contributed by atoms with Gasteiger partial charge in [-0.05, 0) is 23.5 Å². The van der Waals surface area contributed by atoms with Crippen LogP contribution in [0.15, 0.2) is 24.3 Å². The van der Waals surface area contributed by atoms with Crippen LogP contribution in [0.4, 0.5) is 5.69 Å². The van der Waals surface area contributed by atoms with E-state index in [9.17, 15) is 4.79 Å². The van der Waals surface area contributed by atoms with E-state index in [0.717, 1.165) is 5.69 Å². The lowest BCUT2D eigenvalue weighted by Gasteiger charge is -2.23. The molecule has 0 saturated carbocycles. The van der Waals surface area contributed by atoms with Gasteiger partial charge in [-0.3, -0.25) is 4.79 Å². The minimum atomic E-state index is -0.740. The number of carboxylic acid groups (broad SMARTS) is 1. The minimum absolute atomic E-state index is 0.0936. The molecule has 0 amide bonds. The van der Waals surface area contributed by atoms with Crippen molar-refractivity contribution in [3.8, 4) is 0 Å². The lowest BCUT2D eigenvalue weighted by Crippen LogP contribution is -2.15. The topological polar surface area (TPSA) is 49.3 Å². The quantitative estimate of drug-likeness (QED) is 0.770. The number of para-hydroxylation sites is 1. The molecule has 1 rings (SSSR count). The van der Waals surface area contributed by atoms with Crippen LogP contribution in [-0.2, 0) is 10.2 Å². The maximum absolute atomic E-state index is 10.4. The average molecular weight is 235 g/mol. The molecule has 0 unspecified atom stereocenters. The first-order valence-electron chi connectivity index (χ1n) is 5.96. The molecule has 0 aliphatic carbocycles. The van der Waals surface area contributed by atoms with Crippen LogP contribution in [0.25, 0.3) is 0 Å². The number of hydrogen-bond acceptors (Lipinski definition) is 2. The van der Waals surface area contributed by atoms with E-state index in [1.165, 1.54) is 5.56 Å². The Labute approximate surface area is 103 Å². The van der Waals surface area contributed by atoms with Gasteiger partial charge in [0.25, 0.3) is 0 Å². The van der Waals surface area contributed by atoms with Gasteiger partial charge in [-0.2, -0.15) is 0 Å². The van der Waals surface area contributed by atoms with Crippen LogP contribution in [0.5, 0.6) is 0 Å². The molecule has 17 heavy (non-hydrogen) atoms. The van der Waals surface area contributed by atoms with Gasteiger partial charge in [-0.15, -0.1) is 0 Å². The summed E-state index contributed by atoms with van der Waals surface area (Å²) < 4.78 is 0. The van der Waals surface area contributed by atoms with Crippen LogP contribution in [-0.4, -0.2) is 17.6 Å². The van der Waals surface area contributed by atoms with Crippen molar-refractivity contribution >= 4 is 11.7 Å². The summed E-state index contributed by atoms with van der Waals surface area (Å²) in [5, 5.41) is 11.9. The van der Waals surface area contributed by atoms with Gasteiger partial charge in [0.05, 0.1) is 0 Å². The number of hydrogen-bond donors (Lipinski definition) is 2. The Kier molecular flexibility index (Phi) is 4.55. The third kappa shape index (κ3) is 4.47. The first-order valence-corrected chi connectivity index (χ1v) is 5.96. The van der Waals surface area contributed by atoms with Crippen molar-refractivity contribution in [1.82, 2.24) is 0 Å². The maximum Gasteiger partial charge on any atom is 0.303 e. The van der Waals surface area contributed by atoms with E-state index in [1.54, 1.807) is 0 Å². The molecule has 3 heteroatoms. The second-order valence-corrected chi connectivity index (χ2v) is 5.22. The second kappa shape index (κ2) is 5.71. The van der Waals surface area contributed by atoms with Gasteiger partial charge in [0.1, 0.15) is 0 Å². The molecule has 0 radical (unpaired) electrons. The lowest BCUT2D eigenvalue weighted by atomic mass is 9.86. The highest BCUT2D eigenvalue weighted by Gasteiger charge is 2.16.